The van der Waals surface area contributed by atoms with E-state index >= 15 is 0 Å². The first-order chi connectivity index (χ1) is 8.58. The van der Waals surface area contributed by atoms with E-state index in [2.05, 4.69) is 0 Å². The summed E-state index contributed by atoms with van der Waals surface area (Å²) >= 11 is 0. The highest BCUT2D eigenvalue weighted by Crippen LogP contribution is 2.27. The normalized spacial score (nSPS) is 16.8. The molecule has 0 saturated heterocycles. The summed E-state index contributed by atoms with van der Waals surface area (Å²) in [6.07, 6.45) is 8.70. The summed E-state index contributed by atoms with van der Waals surface area (Å²) in [5, 5.41) is 0. The zero-order valence-electron chi connectivity index (χ0n) is 11.7. The van der Waals surface area contributed by atoms with Gasteiger partial charge in [0.1, 0.15) is 5.78 Å². The topological polar surface area (TPSA) is 43.4 Å². The number of Topliss-reactive ketones (excluding diaryl/α,β-unsaturated/α-hetero) is 1. The number of hydrogen-bond acceptors (Lipinski definition) is 3. The van der Waals surface area contributed by atoms with Gasteiger partial charge in [0.25, 0.3) is 0 Å². The average molecular weight is 254 g/mol. The highest BCUT2D eigenvalue weighted by Gasteiger charge is 2.15. The van der Waals surface area contributed by atoms with Gasteiger partial charge < -0.3 is 4.74 Å². The predicted molar refractivity (Wildman–Crippen MR) is 71.3 cm³/mol. The first-order valence-corrected chi connectivity index (χ1v) is 7.29. The van der Waals surface area contributed by atoms with E-state index in [1.54, 1.807) is 0 Å². The monoisotopic (exact) mass is 254 g/mol. The van der Waals surface area contributed by atoms with Crippen molar-refractivity contribution in [2.24, 2.45) is 5.92 Å². The van der Waals surface area contributed by atoms with E-state index in [1.165, 1.54) is 32.1 Å². The summed E-state index contributed by atoms with van der Waals surface area (Å²) in [5.41, 5.74) is 0. The Bertz CT molecular complexity index is 265. The molecule has 3 heteroatoms. The third kappa shape index (κ3) is 6.77. The van der Waals surface area contributed by atoms with E-state index in [0.717, 1.165) is 12.3 Å². The number of carbonyl (C=O) groups excluding carboxylic acids is 2. The number of esters is 1. The van der Waals surface area contributed by atoms with Gasteiger partial charge >= 0.3 is 5.97 Å². The van der Waals surface area contributed by atoms with Gasteiger partial charge in [0.15, 0.2) is 0 Å². The van der Waals surface area contributed by atoms with Crippen molar-refractivity contribution in [2.75, 3.05) is 0 Å². The molecular formula is C15H26O3. The molecule has 18 heavy (non-hydrogen) atoms. The van der Waals surface area contributed by atoms with E-state index in [9.17, 15) is 9.59 Å². The Balaban J connectivity index is 2.07. The van der Waals surface area contributed by atoms with Crippen LogP contribution in [0.1, 0.15) is 71.6 Å². The minimum Gasteiger partial charge on any atom is -0.463 e. The Morgan fingerprint density at radius 3 is 2.33 bits per heavy atom. The van der Waals surface area contributed by atoms with Crippen LogP contribution in [-0.2, 0) is 14.3 Å². The molecule has 0 aromatic rings. The highest BCUT2D eigenvalue weighted by molar-refractivity contribution is 5.82. The molecule has 0 atom stereocenters. The summed E-state index contributed by atoms with van der Waals surface area (Å²) in [6.45, 7) is 3.64. The van der Waals surface area contributed by atoms with E-state index in [4.69, 9.17) is 4.74 Å². The van der Waals surface area contributed by atoms with Gasteiger partial charge in [-0.25, -0.2) is 0 Å². The fraction of sp³-hybridized carbons (Fsp3) is 0.867. The Labute approximate surface area is 110 Å². The van der Waals surface area contributed by atoms with Crippen molar-refractivity contribution in [3.63, 3.8) is 0 Å². The molecular weight excluding hydrogens is 228 g/mol. The SMILES string of the molecule is CC(C)OC(=O)CCC(=O)CCC1CCCCC1. The molecule has 0 unspecified atom stereocenters. The number of carbonyl (C=O) groups is 2. The molecule has 0 bridgehead atoms. The van der Waals surface area contributed by atoms with Crippen LogP contribution >= 0.6 is 0 Å². The van der Waals surface area contributed by atoms with Crippen molar-refractivity contribution in [3.8, 4) is 0 Å². The van der Waals surface area contributed by atoms with Gasteiger partial charge in [-0.2, -0.15) is 0 Å². The lowest BCUT2D eigenvalue weighted by Crippen LogP contribution is -2.13. The molecule has 104 valence electrons. The van der Waals surface area contributed by atoms with Gasteiger partial charge in [0, 0.05) is 12.8 Å². The summed E-state index contributed by atoms with van der Waals surface area (Å²) in [7, 11) is 0. The maximum absolute atomic E-state index is 11.7. The van der Waals surface area contributed by atoms with Crippen LogP contribution in [0.2, 0.25) is 0 Å². The van der Waals surface area contributed by atoms with Crippen molar-refractivity contribution in [2.45, 2.75) is 77.7 Å². The summed E-state index contributed by atoms with van der Waals surface area (Å²) < 4.78 is 5.00. The molecule has 0 aromatic heterocycles. The van der Waals surface area contributed by atoms with Gasteiger partial charge in [-0.3, -0.25) is 9.59 Å². The second-order valence-corrected chi connectivity index (χ2v) is 5.62. The Kier molecular flexibility index (Phi) is 6.99. The van der Waals surface area contributed by atoms with Crippen LogP contribution in [0.25, 0.3) is 0 Å². The first-order valence-electron chi connectivity index (χ1n) is 7.29. The second-order valence-electron chi connectivity index (χ2n) is 5.62. The van der Waals surface area contributed by atoms with Crippen LogP contribution in [-0.4, -0.2) is 17.9 Å². The first kappa shape index (κ1) is 15.2. The number of ether oxygens (including phenoxy) is 1. The molecule has 0 N–H and O–H groups in total. The summed E-state index contributed by atoms with van der Waals surface area (Å²) in [5.74, 6) is 0.697. The third-order valence-corrected chi connectivity index (χ3v) is 3.53. The highest BCUT2D eigenvalue weighted by atomic mass is 16.5. The Morgan fingerprint density at radius 2 is 1.72 bits per heavy atom. The van der Waals surface area contributed by atoms with E-state index < -0.39 is 0 Å². The molecule has 0 radical (unpaired) electrons. The van der Waals surface area contributed by atoms with Gasteiger partial charge in [0.2, 0.25) is 0 Å². The minimum absolute atomic E-state index is 0.0881. The Morgan fingerprint density at radius 1 is 1.06 bits per heavy atom. The zero-order chi connectivity index (χ0) is 13.4. The minimum atomic E-state index is -0.254. The molecule has 0 aromatic carbocycles. The summed E-state index contributed by atoms with van der Waals surface area (Å²) in [4.78, 5) is 23.0. The average Bonchev–Trinajstić information content (AvgIpc) is 2.34. The van der Waals surface area contributed by atoms with E-state index in [1.807, 2.05) is 13.8 Å². The van der Waals surface area contributed by atoms with Crippen molar-refractivity contribution >= 4 is 11.8 Å². The maximum Gasteiger partial charge on any atom is 0.306 e. The zero-order valence-corrected chi connectivity index (χ0v) is 11.7. The number of hydrogen-bond donors (Lipinski definition) is 0. The van der Waals surface area contributed by atoms with E-state index in [-0.39, 0.29) is 24.3 Å². The van der Waals surface area contributed by atoms with E-state index in [0.29, 0.717) is 12.8 Å². The fourth-order valence-corrected chi connectivity index (χ4v) is 2.53. The van der Waals surface area contributed by atoms with Gasteiger partial charge in [-0.15, -0.1) is 0 Å². The molecule has 1 rings (SSSR count). The fourth-order valence-electron chi connectivity index (χ4n) is 2.53. The maximum atomic E-state index is 11.7. The van der Waals surface area contributed by atoms with Crippen LogP contribution in [0.4, 0.5) is 0 Å². The van der Waals surface area contributed by atoms with Gasteiger partial charge in [-0.1, -0.05) is 32.1 Å². The Hall–Kier alpha value is -0.860. The van der Waals surface area contributed by atoms with Crippen molar-refractivity contribution < 1.29 is 14.3 Å². The van der Waals surface area contributed by atoms with Crippen LogP contribution in [0.3, 0.4) is 0 Å². The molecule has 0 spiro atoms. The molecule has 1 aliphatic rings. The smallest absolute Gasteiger partial charge is 0.306 e. The lowest BCUT2D eigenvalue weighted by atomic mass is 9.85. The lowest BCUT2D eigenvalue weighted by Gasteiger charge is -2.20. The van der Waals surface area contributed by atoms with Crippen LogP contribution in [0, 0.1) is 5.92 Å². The molecule has 3 nitrogen and oxygen atoms in total. The van der Waals surface area contributed by atoms with Crippen LogP contribution < -0.4 is 0 Å². The number of ketones is 1. The van der Waals surface area contributed by atoms with Crippen LogP contribution in [0.5, 0.6) is 0 Å². The summed E-state index contributed by atoms with van der Waals surface area (Å²) in [6, 6.07) is 0. The molecule has 1 fully saturated rings. The molecule has 0 amide bonds. The van der Waals surface area contributed by atoms with Gasteiger partial charge in [0.05, 0.1) is 12.5 Å². The molecule has 0 heterocycles. The van der Waals surface area contributed by atoms with Crippen molar-refractivity contribution in [1.82, 2.24) is 0 Å². The van der Waals surface area contributed by atoms with Crippen LogP contribution in [0.15, 0.2) is 0 Å². The lowest BCUT2D eigenvalue weighted by molar-refractivity contribution is -0.148. The van der Waals surface area contributed by atoms with Gasteiger partial charge in [-0.05, 0) is 26.2 Å². The molecule has 0 aliphatic heterocycles. The predicted octanol–water partition coefficient (Wildman–Crippen LogP) is 3.65. The standard InChI is InChI=1S/C15H26O3/c1-12(2)18-15(17)11-10-14(16)9-8-13-6-4-3-5-7-13/h12-13H,3-11H2,1-2H3. The molecule has 1 saturated carbocycles. The third-order valence-electron chi connectivity index (χ3n) is 3.53. The quantitative estimate of drug-likeness (QED) is 0.651. The van der Waals surface area contributed by atoms with Crippen molar-refractivity contribution in [1.29, 1.82) is 0 Å². The van der Waals surface area contributed by atoms with Crippen molar-refractivity contribution in [3.05, 3.63) is 0 Å². The number of rotatable bonds is 7. The largest absolute Gasteiger partial charge is 0.463 e. The second kappa shape index (κ2) is 8.28. The molecule has 1 aliphatic carbocycles.